The summed E-state index contributed by atoms with van der Waals surface area (Å²) in [5, 5.41) is 3.38. The minimum Gasteiger partial charge on any atom is -0.377 e. The van der Waals surface area contributed by atoms with Crippen LogP contribution in [-0.2, 0) is 11.3 Å². The maximum absolute atomic E-state index is 6.04. The van der Waals surface area contributed by atoms with Gasteiger partial charge in [-0.2, -0.15) is 0 Å². The van der Waals surface area contributed by atoms with Crippen LogP contribution in [0.15, 0.2) is 47.0 Å². The summed E-state index contributed by atoms with van der Waals surface area (Å²) in [6.45, 7) is 5.38. The van der Waals surface area contributed by atoms with Crippen LogP contribution in [0.1, 0.15) is 24.8 Å². The van der Waals surface area contributed by atoms with Gasteiger partial charge >= 0.3 is 0 Å². The summed E-state index contributed by atoms with van der Waals surface area (Å²) in [5.74, 6) is 0.558. The Labute approximate surface area is 167 Å². The number of ether oxygens (including phenoxy) is 1. The molecule has 3 N–H and O–H groups in total. The Balaban J connectivity index is 0.00000225. The summed E-state index contributed by atoms with van der Waals surface area (Å²) in [6.07, 6.45) is 5.41. The van der Waals surface area contributed by atoms with Gasteiger partial charge in [-0.15, -0.1) is 24.0 Å². The van der Waals surface area contributed by atoms with Gasteiger partial charge in [-0.05, 0) is 30.4 Å². The summed E-state index contributed by atoms with van der Waals surface area (Å²) in [6, 6.07) is 11.1. The first-order valence-electron chi connectivity index (χ1n) is 8.88. The molecule has 1 fully saturated rings. The number of rotatable bonds is 5. The summed E-state index contributed by atoms with van der Waals surface area (Å²) < 4.78 is 5.42. The lowest BCUT2D eigenvalue weighted by atomic mass is 10.0. The van der Waals surface area contributed by atoms with Crippen molar-refractivity contribution in [1.29, 1.82) is 0 Å². The second-order valence-corrected chi connectivity index (χ2v) is 6.59. The minimum absolute atomic E-state index is 0. The molecular weight excluding hydrogens is 427 g/mol. The van der Waals surface area contributed by atoms with Crippen LogP contribution >= 0.6 is 24.0 Å². The van der Waals surface area contributed by atoms with Gasteiger partial charge in [-0.3, -0.25) is 4.90 Å². The number of nitrogens with one attached hydrogen (secondary N) is 1. The fourth-order valence-electron chi connectivity index (χ4n) is 3.24. The molecular formula is C19H29IN4O. The van der Waals surface area contributed by atoms with Crippen LogP contribution in [0.25, 0.3) is 0 Å². The molecule has 1 aromatic carbocycles. The first-order chi connectivity index (χ1) is 11.8. The smallest absolute Gasteiger partial charge is 0.189 e. The van der Waals surface area contributed by atoms with Gasteiger partial charge in [0.25, 0.3) is 0 Å². The Bertz CT molecular complexity index is 568. The van der Waals surface area contributed by atoms with Crippen LogP contribution in [0.4, 0.5) is 0 Å². The highest BCUT2D eigenvalue weighted by molar-refractivity contribution is 14.0. The van der Waals surface area contributed by atoms with E-state index in [1.165, 1.54) is 11.1 Å². The zero-order valence-corrected chi connectivity index (χ0v) is 17.0. The number of aliphatic imine (C=N–C) groups is 1. The van der Waals surface area contributed by atoms with Crippen molar-refractivity contribution in [3.05, 3.63) is 47.5 Å². The van der Waals surface area contributed by atoms with Crippen LogP contribution in [0.3, 0.4) is 0 Å². The highest BCUT2D eigenvalue weighted by Gasteiger charge is 2.19. The zero-order valence-electron chi connectivity index (χ0n) is 14.7. The van der Waals surface area contributed by atoms with E-state index in [-0.39, 0.29) is 24.0 Å². The third-order valence-corrected chi connectivity index (χ3v) is 4.62. The molecule has 0 unspecified atom stereocenters. The number of likely N-dealkylation sites (tertiary alicyclic amines) is 1. The predicted octanol–water partition coefficient (Wildman–Crippen LogP) is 2.52. The average molecular weight is 456 g/mol. The molecule has 6 heteroatoms. The van der Waals surface area contributed by atoms with Crippen molar-refractivity contribution in [1.82, 2.24) is 10.2 Å². The molecule has 2 aliphatic heterocycles. The van der Waals surface area contributed by atoms with Crippen molar-refractivity contribution in [3.63, 3.8) is 0 Å². The lowest BCUT2D eigenvalue weighted by molar-refractivity contribution is 0.150. The van der Waals surface area contributed by atoms with E-state index in [2.05, 4.69) is 51.6 Å². The largest absolute Gasteiger partial charge is 0.377 e. The minimum atomic E-state index is 0. The first kappa shape index (κ1) is 20.2. The summed E-state index contributed by atoms with van der Waals surface area (Å²) in [7, 11) is 0. The van der Waals surface area contributed by atoms with Crippen LogP contribution in [0, 0.1) is 0 Å². The van der Waals surface area contributed by atoms with Gasteiger partial charge in [-0.1, -0.05) is 36.4 Å². The maximum atomic E-state index is 6.04. The van der Waals surface area contributed by atoms with Gasteiger partial charge in [0, 0.05) is 25.7 Å². The standard InChI is InChI=1S/C19H28N4O.HI/c20-19(21-13-17-7-4-12-24-15-17)22-18-8-10-23(11-9-18)14-16-5-2-1-3-6-16;/h1-3,5-7,18H,4,8-15H2,(H3,20,21,22);1H. The molecule has 0 amide bonds. The van der Waals surface area contributed by atoms with Gasteiger partial charge < -0.3 is 15.8 Å². The van der Waals surface area contributed by atoms with E-state index >= 15 is 0 Å². The fraction of sp³-hybridized carbons (Fsp3) is 0.526. The van der Waals surface area contributed by atoms with Crippen LogP contribution in [-0.4, -0.2) is 49.7 Å². The molecule has 0 aromatic heterocycles. The highest BCUT2D eigenvalue weighted by Crippen LogP contribution is 2.13. The maximum Gasteiger partial charge on any atom is 0.189 e. The molecule has 3 rings (SSSR count). The number of piperidine rings is 1. The van der Waals surface area contributed by atoms with Crippen molar-refractivity contribution in [2.75, 3.05) is 32.8 Å². The molecule has 1 saturated heterocycles. The van der Waals surface area contributed by atoms with Crippen LogP contribution in [0.2, 0.25) is 0 Å². The zero-order chi connectivity index (χ0) is 16.6. The Kier molecular flexibility index (Phi) is 8.71. The van der Waals surface area contributed by atoms with Crippen molar-refractivity contribution >= 4 is 29.9 Å². The molecule has 0 radical (unpaired) electrons. The van der Waals surface area contributed by atoms with E-state index < -0.39 is 0 Å². The van der Waals surface area contributed by atoms with Gasteiger partial charge in [0.2, 0.25) is 0 Å². The Morgan fingerprint density at radius 2 is 2.00 bits per heavy atom. The van der Waals surface area contributed by atoms with E-state index in [1.54, 1.807) is 0 Å². The Morgan fingerprint density at radius 1 is 1.24 bits per heavy atom. The summed E-state index contributed by atoms with van der Waals surface area (Å²) >= 11 is 0. The number of hydrogen-bond donors (Lipinski definition) is 2. The molecule has 5 nitrogen and oxygen atoms in total. The van der Waals surface area contributed by atoms with E-state index in [0.717, 1.165) is 45.5 Å². The Morgan fingerprint density at radius 3 is 2.68 bits per heavy atom. The number of guanidine groups is 1. The van der Waals surface area contributed by atoms with Crippen LogP contribution in [0.5, 0.6) is 0 Å². The molecule has 0 aliphatic carbocycles. The average Bonchev–Trinajstić information content (AvgIpc) is 2.63. The molecule has 138 valence electrons. The number of halogens is 1. The van der Waals surface area contributed by atoms with Crippen molar-refractivity contribution < 1.29 is 4.74 Å². The first-order valence-corrected chi connectivity index (χ1v) is 8.88. The van der Waals surface area contributed by atoms with Crippen molar-refractivity contribution in [2.45, 2.75) is 31.8 Å². The Hall–Kier alpha value is -1.12. The van der Waals surface area contributed by atoms with Gasteiger partial charge in [0.05, 0.1) is 19.8 Å². The molecule has 0 bridgehead atoms. The molecule has 0 spiro atoms. The van der Waals surface area contributed by atoms with Gasteiger partial charge in [-0.25, -0.2) is 4.99 Å². The second kappa shape index (κ2) is 10.8. The van der Waals surface area contributed by atoms with E-state index in [4.69, 9.17) is 10.5 Å². The molecule has 1 aromatic rings. The number of hydrogen-bond acceptors (Lipinski definition) is 3. The number of nitrogens with zero attached hydrogens (tertiary/aromatic N) is 2. The predicted molar refractivity (Wildman–Crippen MR) is 113 cm³/mol. The summed E-state index contributed by atoms with van der Waals surface area (Å²) in [4.78, 5) is 6.96. The van der Waals surface area contributed by atoms with Gasteiger partial charge in [0.15, 0.2) is 5.96 Å². The molecule has 0 atom stereocenters. The van der Waals surface area contributed by atoms with Crippen molar-refractivity contribution in [3.8, 4) is 0 Å². The van der Waals surface area contributed by atoms with E-state index in [9.17, 15) is 0 Å². The topological polar surface area (TPSA) is 62.9 Å². The monoisotopic (exact) mass is 456 g/mol. The van der Waals surface area contributed by atoms with Crippen LogP contribution < -0.4 is 11.1 Å². The fourth-order valence-corrected chi connectivity index (χ4v) is 3.24. The quantitative estimate of drug-likeness (QED) is 0.310. The number of nitrogens with two attached hydrogens (primary N) is 1. The normalized spacial score (nSPS) is 19.8. The lowest BCUT2D eigenvalue weighted by Crippen LogP contribution is -2.46. The number of benzene rings is 1. The lowest BCUT2D eigenvalue weighted by Gasteiger charge is -2.32. The third kappa shape index (κ3) is 6.95. The van der Waals surface area contributed by atoms with Gasteiger partial charge in [0.1, 0.15) is 0 Å². The second-order valence-electron chi connectivity index (χ2n) is 6.59. The summed E-state index contributed by atoms with van der Waals surface area (Å²) in [5.41, 5.74) is 8.65. The third-order valence-electron chi connectivity index (χ3n) is 4.62. The highest BCUT2D eigenvalue weighted by atomic mass is 127. The molecule has 25 heavy (non-hydrogen) atoms. The van der Waals surface area contributed by atoms with E-state index in [1.807, 2.05) is 0 Å². The van der Waals surface area contributed by atoms with Crippen molar-refractivity contribution in [2.24, 2.45) is 10.7 Å². The molecule has 2 aliphatic rings. The molecule has 0 saturated carbocycles. The molecule has 2 heterocycles. The van der Waals surface area contributed by atoms with E-state index in [0.29, 0.717) is 25.2 Å². The SMILES string of the molecule is I.NC(=NCC1=CCCOC1)NC1CCN(Cc2ccccc2)CC1.